The number of sulfonamides is 1. The van der Waals surface area contributed by atoms with E-state index >= 15 is 0 Å². The van der Waals surface area contributed by atoms with Crippen LogP contribution in [0.1, 0.15) is 31.9 Å². The van der Waals surface area contributed by atoms with Gasteiger partial charge in [0.25, 0.3) is 10.0 Å². The van der Waals surface area contributed by atoms with Crippen molar-refractivity contribution in [2.75, 3.05) is 24.0 Å². The molecule has 4 rings (SSSR count). The third-order valence-corrected chi connectivity index (χ3v) is 10.2. The Labute approximate surface area is 297 Å². The smallest absolute Gasteiger partial charge is 0.264 e. The van der Waals surface area contributed by atoms with E-state index in [0.29, 0.717) is 27.2 Å². The zero-order chi connectivity index (χ0) is 34.8. The van der Waals surface area contributed by atoms with E-state index < -0.39 is 34.4 Å². The van der Waals surface area contributed by atoms with Crippen LogP contribution < -0.4 is 14.4 Å². The molecular formula is C36H38Cl3N3O5S. The summed E-state index contributed by atoms with van der Waals surface area (Å²) in [6, 6.07) is 25.4. The SMILES string of the molecule is CCOc1ccccc1N(CC(=O)N(Cc1c(Cl)cccc1Cl)C(Cc1ccccc1)C(=O)NCC(C)C)S(=O)(=O)c1ccc(Cl)cc1. The molecule has 254 valence electrons. The Morgan fingerprint density at radius 3 is 2.08 bits per heavy atom. The third-order valence-electron chi connectivity index (χ3n) is 7.46. The van der Waals surface area contributed by atoms with Crippen LogP contribution in [0.25, 0.3) is 0 Å². The molecule has 0 fully saturated rings. The van der Waals surface area contributed by atoms with Gasteiger partial charge in [-0.05, 0) is 66.9 Å². The molecule has 2 amide bonds. The summed E-state index contributed by atoms with van der Waals surface area (Å²) >= 11 is 19.3. The molecule has 0 saturated heterocycles. The second-order valence-electron chi connectivity index (χ2n) is 11.4. The van der Waals surface area contributed by atoms with Crippen LogP contribution in [0, 0.1) is 5.92 Å². The van der Waals surface area contributed by atoms with Gasteiger partial charge >= 0.3 is 0 Å². The first kappa shape index (κ1) is 37.1. The van der Waals surface area contributed by atoms with Crippen molar-refractivity contribution in [3.05, 3.63) is 123 Å². The minimum Gasteiger partial charge on any atom is -0.492 e. The molecule has 1 unspecified atom stereocenters. The summed E-state index contributed by atoms with van der Waals surface area (Å²) < 4.78 is 35.5. The maximum atomic E-state index is 14.7. The Morgan fingerprint density at radius 2 is 1.46 bits per heavy atom. The van der Waals surface area contributed by atoms with Crippen LogP contribution in [0.2, 0.25) is 15.1 Å². The molecule has 0 bridgehead atoms. The van der Waals surface area contributed by atoms with Crippen molar-refractivity contribution in [1.82, 2.24) is 10.2 Å². The van der Waals surface area contributed by atoms with Crippen molar-refractivity contribution in [3.8, 4) is 5.75 Å². The minimum absolute atomic E-state index is 0.0813. The van der Waals surface area contributed by atoms with E-state index in [1.54, 1.807) is 49.4 Å². The molecule has 0 spiro atoms. The first-order chi connectivity index (χ1) is 22.9. The molecule has 0 radical (unpaired) electrons. The molecule has 1 atom stereocenters. The maximum Gasteiger partial charge on any atom is 0.264 e. The summed E-state index contributed by atoms with van der Waals surface area (Å²) in [5, 5.41) is 3.91. The van der Waals surface area contributed by atoms with Crippen molar-refractivity contribution in [1.29, 1.82) is 0 Å². The summed E-state index contributed by atoms with van der Waals surface area (Å²) in [5.74, 6) is -0.647. The maximum absolute atomic E-state index is 14.7. The van der Waals surface area contributed by atoms with Gasteiger partial charge < -0.3 is 15.0 Å². The standard InChI is InChI=1S/C36H38Cl3N3O5S/c1-4-47-34-16-9-8-15-32(34)42(48(45,46)28-19-17-27(37)18-20-28)24-35(43)41(23-29-30(38)13-10-14-31(29)39)33(36(44)40-22-25(2)3)21-26-11-6-5-7-12-26/h5-20,25,33H,4,21-24H2,1-3H3,(H,40,44). The number of ether oxygens (including phenoxy) is 1. The number of hydrogen-bond donors (Lipinski definition) is 1. The molecule has 48 heavy (non-hydrogen) atoms. The van der Waals surface area contributed by atoms with E-state index in [0.717, 1.165) is 9.87 Å². The number of rotatable bonds is 15. The number of para-hydroxylation sites is 2. The average Bonchev–Trinajstić information content (AvgIpc) is 3.06. The van der Waals surface area contributed by atoms with E-state index in [9.17, 15) is 18.0 Å². The lowest BCUT2D eigenvalue weighted by Gasteiger charge is -2.34. The van der Waals surface area contributed by atoms with Gasteiger partial charge in [-0.1, -0.05) is 97.2 Å². The molecule has 4 aromatic carbocycles. The zero-order valence-electron chi connectivity index (χ0n) is 26.9. The number of hydrogen-bond acceptors (Lipinski definition) is 5. The molecule has 0 aliphatic heterocycles. The van der Waals surface area contributed by atoms with Gasteiger partial charge in [-0.2, -0.15) is 0 Å². The fourth-order valence-electron chi connectivity index (χ4n) is 5.02. The fraction of sp³-hybridized carbons (Fsp3) is 0.278. The molecule has 0 aliphatic rings. The second-order valence-corrected chi connectivity index (χ2v) is 14.5. The van der Waals surface area contributed by atoms with Gasteiger partial charge in [-0.25, -0.2) is 8.42 Å². The van der Waals surface area contributed by atoms with Gasteiger partial charge in [0.05, 0.1) is 17.2 Å². The summed E-state index contributed by atoms with van der Waals surface area (Å²) in [6.45, 7) is 5.51. The molecule has 0 aliphatic carbocycles. The molecular weight excluding hydrogens is 693 g/mol. The van der Waals surface area contributed by atoms with Crippen LogP contribution in [0.4, 0.5) is 5.69 Å². The van der Waals surface area contributed by atoms with Gasteiger partial charge in [-0.3, -0.25) is 13.9 Å². The Balaban J connectivity index is 1.87. The van der Waals surface area contributed by atoms with E-state index in [1.807, 2.05) is 44.2 Å². The lowest BCUT2D eigenvalue weighted by Crippen LogP contribution is -2.53. The van der Waals surface area contributed by atoms with E-state index in [-0.39, 0.29) is 41.8 Å². The number of benzene rings is 4. The van der Waals surface area contributed by atoms with Crippen molar-refractivity contribution in [2.24, 2.45) is 5.92 Å². The zero-order valence-corrected chi connectivity index (χ0v) is 30.0. The van der Waals surface area contributed by atoms with Gasteiger partial charge in [0.1, 0.15) is 18.3 Å². The van der Waals surface area contributed by atoms with Crippen LogP contribution in [-0.4, -0.2) is 50.9 Å². The number of nitrogens with zero attached hydrogens (tertiary/aromatic N) is 2. The van der Waals surface area contributed by atoms with Crippen molar-refractivity contribution < 1.29 is 22.7 Å². The van der Waals surface area contributed by atoms with Crippen molar-refractivity contribution >= 4 is 62.3 Å². The molecule has 12 heteroatoms. The molecule has 4 aromatic rings. The van der Waals surface area contributed by atoms with Crippen LogP contribution in [0.5, 0.6) is 5.75 Å². The van der Waals surface area contributed by atoms with Gasteiger partial charge in [-0.15, -0.1) is 0 Å². The van der Waals surface area contributed by atoms with Gasteiger partial charge in [0.15, 0.2) is 0 Å². The summed E-state index contributed by atoms with van der Waals surface area (Å²) in [4.78, 5) is 30.0. The summed E-state index contributed by atoms with van der Waals surface area (Å²) in [5.41, 5.74) is 1.38. The van der Waals surface area contributed by atoms with Crippen LogP contribution in [0.3, 0.4) is 0 Å². The lowest BCUT2D eigenvalue weighted by atomic mass is 10.0. The topological polar surface area (TPSA) is 96.0 Å². The monoisotopic (exact) mass is 729 g/mol. The highest BCUT2D eigenvalue weighted by molar-refractivity contribution is 7.92. The highest BCUT2D eigenvalue weighted by Gasteiger charge is 2.36. The molecule has 0 heterocycles. The van der Waals surface area contributed by atoms with Crippen molar-refractivity contribution in [2.45, 2.75) is 44.7 Å². The molecule has 1 N–H and O–H groups in total. The van der Waals surface area contributed by atoms with Gasteiger partial charge in [0.2, 0.25) is 11.8 Å². The Morgan fingerprint density at radius 1 is 0.833 bits per heavy atom. The number of amides is 2. The average molecular weight is 731 g/mol. The first-order valence-corrected chi connectivity index (χ1v) is 18.0. The van der Waals surface area contributed by atoms with Crippen molar-refractivity contribution in [3.63, 3.8) is 0 Å². The normalized spacial score (nSPS) is 12.0. The number of carbonyl (C=O) groups excluding carboxylic acids is 2. The van der Waals surface area contributed by atoms with Crippen LogP contribution in [-0.2, 0) is 32.6 Å². The first-order valence-electron chi connectivity index (χ1n) is 15.5. The highest BCUT2D eigenvalue weighted by Crippen LogP contribution is 2.34. The summed E-state index contributed by atoms with van der Waals surface area (Å²) in [6.07, 6.45) is 0.151. The number of halogens is 3. The lowest BCUT2D eigenvalue weighted by molar-refractivity contribution is -0.140. The van der Waals surface area contributed by atoms with E-state index in [4.69, 9.17) is 39.5 Å². The number of anilines is 1. The highest BCUT2D eigenvalue weighted by atomic mass is 35.5. The fourth-order valence-corrected chi connectivity index (χ4v) is 7.09. The van der Waals surface area contributed by atoms with Crippen LogP contribution in [0.15, 0.2) is 102 Å². The number of carbonyl (C=O) groups is 2. The van der Waals surface area contributed by atoms with Crippen LogP contribution >= 0.6 is 34.8 Å². The van der Waals surface area contributed by atoms with E-state index in [2.05, 4.69) is 5.32 Å². The Bertz CT molecular complexity index is 1790. The second kappa shape index (κ2) is 17.1. The minimum atomic E-state index is -4.36. The molecule has 8 nitrogen and oxygen atoms in total. The van der Waals surface area contributed by atoms with E-state index in [1.165, 1.54) is 29.2 Å². The molecule has 0 saturated carbocycles. The third kappa shape index (κ3) is 9.44. The molecule has 0 aromatic heterocycles. The summed E-state index contributed by atoms with van der Waals surface area (Å²) in [7, 11) is -4.36. The predicted molar refractivity (Wildman–Crippen MR) is 192 cm³/mol. The Hall–Kier alpha value is -3.76. The quantitative estimate of drug-likeness (QED) is 0.136. The predicted octanol–water partition coefficient (Wildman–Crippen LogP) is 7.65. The van der Waals surface area contributed by atoms with Gasteiger partial charge in [0, 0.05) is 40.1 Å². The largest absolute Gasteiger partial charge is 0.492 e. The number of nitrogens with one attached hydrogen (secondary N) is 1. The Kier molecular flexibility index (Phi) is 13.2.